The largest absolute Gasteiger partial charge is 0.373 e. The highest BCUT2D eigenvalue weighted by Crippen LogP contribution is 2.30. The maximum absolute atomic E-state index is 12.6. The molecule has 2 heterocycles. The predicted molar refractivity (Wildman–Crippen MR) is 128 cm³/mol. The van der Waals surface area contributed by atoms with Crippen LogP contribution in [0.1, 0.15) is 35.2 Å². The SMILES string of the molecule is CN(CCN1CCCCC1)c1ccc(N/C=C2\C(=O)N(Br)C(=O)c3ccccc32)cc1. The number of benzene rings is 2. The van der Waals surface area contributed by atoms with Gasteiger partial charge in [0.25, 0.3) is 11.8 Å². The molecule has 2 aromatic carbocycles. The summed E-state index contributed by atoms with van der Waals surface area (Å²) in [4.78, 5) is 29.7. The van der Waals surface area contributed by atoms with Gasteiger partial charge in [0, 0.05) is 48.8 Å². The van der Waals surface area contributed by atoms with Gasteiger partial charge in [-0.15, -0.1) is 0 Å². The van der Waals surface area contributed by atoms with Crippen molar-refractivity contribution in [3.05, 3.63) is 65.9 Å². The first-order valence-corrected chi connectivity index (χ1v) is 11.4. The fourth-order valence-electron chi connectivity index (χ4n) is 4.03. The molecule has 2 aliphatic rings. The Bertz CT molecular complexity index is 983. The highest BCUT2D eigenvalue weighted by atomic mass is 79.9. The lowest BCUT2D eigenvalue weighted by Gasteiger charge is -2.29. The molecule has 6 nitrogen and oxygen atoms in total. The smallest absolute Gasteiger partial charge is 0.273 e. The molecule has 0 aromatic heterocycles. The number of anilines is 2. The molecule has 0 unspecified atom stereocenters. The van der Waals surface area contributed by atoms with Crippen LogP contribution in [0.3, 0.4) is 0 Å². The summed E-state index contributed by atoms with van der Waals surface area (Å²) in [7, 11) is 2.12. The maximum atomic E-state index is 12.6. The van der Waals surface area contributed by atoms with Gasteiger partial charge in [-0.25, -0.2) is 3.93 Å². The number of likely N-dealkylation sites (N-methyl/N-ethyl adjacent to an activating group) is 1. The fourth-order valence-corrected chi connectivity index (χ4v) is 4.42. The summed E-state index contributed by atoms with van der Waals surface area (Å²) in [5.74, 6) is -0.736. The first-order chi connectivity index (χ1) is 15.0. The molecule has 0 bridgehead atoms. The standard InChI is InChI=1S/C24H27BrN4O2/c1-27(15-16-28-13-5-2-6-14-28)19-11-9-18(10-12-19)26-17-22-20-7-3-4-8-21(20)23(30)29(25)24(22)31/h3-4,7-12,17,26H,2,5-6,13-16H2,1H3/b22-17-. The van der Waals surface area contributed by atoms with Crippen LogP contribution in [0.25, 0.3) is 5.57 Å². The normalized spacial score (nSPS) is 18.3. The van der Waals surface area contributed by atoms with Crippen molar-refractivity contribution in [2.75, 3.05) is 43.4 Å². The molecule has 1 saturated heterocycles. The zero-order valence-electron chi connectivity index (χ0n) is 17.7. The minimum Gasteiger partial charge on any atom is -0.373 e. The van der Waals surface area contributed by atoms with Crippen molar-refractivity contribution in [2.45, 2.75) is 19.3 Å². The van der Waals surface area contributed by atoms with Gasteiger partial charge >= 0.3 is 0 Å². The molecule has 1 fully saturated rings. The van der Waals surface area contributed by atoms with Gasteiger partial charge in [-0.1, -0.05) is 24.6 Å². The number of carbonyl (C=O) groups excluding carboxylic acids is 2. The second-order valence-corrected chi connectivity index (χ2v) is 8.72. The Hall–Kier alpha value is -2.64. The van der Waals surface area contributed by atoms with E-state index in [2.05, 4.69) is 50.4 Å². The lowest BCUT2D eigenvalue weighted by Crippen LogP contribution is -2.36. The molecular weight excluding hydrogens is 456 g/mol. The Kier molecular flexibility index (Phi) is 6.73. The van der Waals surface area contributed by atoms with E-state index in [1.807, 2.05) is 18.2 Å². The summed E-state index contributed by atoms with van der Waals surface area (Å²) in [5, 5.41) is 3.20. The number of rotatable bonds is 6. The third-order valence-corrected chi connectivity index (χ3v) is 6.57. The zero-order chi connectivity index (χ0) is 21.8. The molecule has 0 radical (unpaired) electrons. The lowest BCUT2D eigenvalue weighted by atomic mass is 9.95. The van der Waals surface area contributed by atoms with Crippen molar-refractivity contribution in [3.63, 3.8) is 0 Å². The number of likely N-dealkylation sites (tertiary alicyclic amines) is 1. The van der Waals surface area contributed by atoms with Crippen molar-refractivity contribution in [1.82, 2.24) is 8.83 Å². The summed E-state index contributed by atoms with van der Waals surface area (Å²) in [6.07, 6.45) is 5.65. The van der Waals surface area contributed by atoms with Crippen molar-refractivity contribution >= 4 is 44.9 Å². The van der Waals surface area contributed by atoms with E-state index in [9.17, 15) is 9.59 Å². The van der Waals surface area contributed by atoms with Gasteiger partial charge in [-0.3, -0.25) is 9.59 Å². The van der Waals surface area contributed by atoms with Crippen LogP contribution in [0, 0.1) is 0 Å². The van der Waals surface area contributed by atoms with E-state index >= 15 is 0 Å². The van der Waals surface area contributed by atoms with E-state index < -0.39 is 0 Å². The van der Waals surface area contributed by atoms with E-state index in [0.29, 0.717) is 16.7 Å². The molecule has 0 atom stereocenters. The van der Waals surface area contributed by atoms with Gasteiger partial charge in [0.1, 0.15) is 0 Å². The molecule has 162 valence electrons. The van der Waals surface area contributed by atoms with Crippen molar-refractivity contribution < 1.29 is 9.59 Å². The highest BCUT2D eigenvalue weighted by Gasteiger charge is 2.33. The Balaban J connectivity index is 1.42. The molecule has 2 amide bonds. The first-order valence-electron chi connectivity index (χ1n) is 10.7. The Morgan fingerprint density at radius 3 is 2.35 bits per heavy atom. The van der Waals surface area contributed by atoms with Crippen LogP contribution < -0.4 is 10.2 Å². The fraction of sp³-hybridized carbons (Fsp3) is 0.333. The van der Waals surface area contributed by atoms with Crippen LogP contribution in [0.2, 0.25) is 0 Å². The number of fused-ring (bicyclic) bond motifs is 1. The number of piperidine rings is 1. The van der Waals surface area contributed by atoms with Gasteiger partial charge in [0.05, 0.1) is 21.7 Å². The van der Waals surface area contributed by atoms with Crippen LogP contribution in [0.15, 0.2) is 54.7 Å². The van der Waals surface area contributed by atoms with E-state index in [1.54, 1.807) is 24.4 Å². The Morgan fingerprint density at radius 2 is 1.65 bits per heavy atom. The quantitative estimate of drug-likeness (QED) is 0.376. The predicted octanol–water partition coefficient (Wildman–Crippen LogP) is 4.35. The Morgan fingerprint density at radius 1 is 0.968 bits per heavy atom. The first kappa shape index (κ1) is 21.6. The molecule has 31 heavy (non-hydrogen) atoms. The summed E-state index contributed by atoms with van der Waals surface area (Å²) in [6, 6.07) is 15.3. The third-order valence-electron chi connectivity index (χ3n) is 5.93. The average molecular weight is 483 g/mol. The van der Waals surface area contributed by atoms with E-state index in [4.69, 9.17) is 0 Å². The number of amides is 2. The van der Waals surface area contributed by atoms with E-state index in [-0.39, 0.29) is 11.8 Å². The lowest BCUT2D eigenvalue weighted by molar-refractivity contribution is -0.118. The molecule has 2 aromatic rings. The van der Waals surface area contributed by atoms with Gasteiger partial charge in [-0.05, 0) is 56.3 Å². The summed E-state index contributed by atoms with van der Waals surface area (Å²) < 4.78 is 0.975. The summed E-state index contributed by atoms with van der Waals surface area (Å²) in [5.41, 5.74) is 3.61. The van der Waals surface area contributed by atoms with Crippen LogP contribution in [-0.4, -0.2) is 53.9 Å². The zero-order valence-corrected chi connectivity index (χ0v) is 19.3. The number of halogens is 1. The van der Waals surface area contributed by atoms with Gasteiger partial charge < -0.3 is 15.1 Å². The van der Waals surface area contributed by atoms with Crippen LogP contribution in [0.5, 0.6) is 0 Å². The minimum absolute atomic E-state index is 0.352. The second kappa shape index (κ2) is 9.66. The topological polar surface area (TPSA) is 55.9 Å². The molecule has 1 N–H and O–H groups in total. The maximum Gasteiger partial charge on any atom is 0.273 e. The number of carbonyl (C=O) groups is 2. The molecule has 0 spiro atoms. The Labute approximate surface area is 191 Å². The van der Waals surface area contributed by atoms with Crippen molar-refractivity contribution in [1.29, 1.82) is 0 Å². The van der Waals surface area contributed by atoms with Crippen LogP contribution >= 0.6 is 16.1 Å². The highest BCUT2D eigenvalue weighted by molar-refractivity contribution is 9.08. The van der Waals surface area contributed by atoms with Gasteiger partial charge in [-0.2, -0.15) is 0 Å². The number of nitrogens with zero attached hydrogens (tertiary/aromatic N) is 3. The minimum atomic E-state index is -0.384. The third kappa shape index (κ3) is 4.83. The molecule has 0 saturated carbocycles. The van der Waals surface area contributed by atoms with Gasteiger partial charge in [0.2, 0.25) is 0 Å². The van der Waals surface area contributed by atoms with Crippen LogP contribution in [-0.2, 0) is 4.79 Å². The van der Waals surface area contributed by atoms with Gasteiger partial charge in [0.15, 0.2) is 0 Å². The molecule has 0 aliphatic carbocycles. The molecule has 4 rings (SSSR count). The monoisotopic (exact) mass is 482 g/mol. The number of nitrogens with one attached hydrogen (secondary N) is 1. The van der Waals surface area contributed by atoms with E-state index in [1.165, 1.54) is 32.4 Å². The summed E-state index contributed by atoms with van der Waals surface area (Å²) >= 11 is 3.08. The average Bonchev–Trinajstić information content (AvgIpc) is 2.82. The van der Waals surface area contributed by atoms with Crippen molar-refractivity contribution in [2.24, 2.45) is 0 Å². The molecule has 2 aliphatic heterocycles. The van der Waals surface area contributed by atoms with E-state index in [0.717, 1.165) is 28.4 Å². The summed E-state index contributed by atoms with van der Waals surface area (Å²) in [6.45, 7) is 4.51. The number of hydrogen-bond donors (Lipinski definition) is 1. The molecular formula is C24H27BrN4O2. The molecule has 7 heteroatoms. The van der Waals surface area contributed by atoms with Crippen LogP contribution in [0.4, 0.5) is 11.4 Å². The van der Waals surface area contributed by atoms with Crippen molar-refractivity contribution in [3.8, 4) is 0 Å². The number of imide groups is 1. The number of hydrogen-bond acceptors (Lipinski definition) is 5. The second-order valence-electron chi connectivity index (χ2n) is 8.01.